The number of carboxylic acids is 1. The molecule has 1 fully saturated rings. The molecule has 0 spiro atoms. The number of anilines is 1. The molecule has 14 heavy (non-hydrogen) atoms. The number of carbonyl (C=O) groups is 1. The Hall–Kier alpha value is -1.45. The molecule has 1 saturated carbocycles. The first-order valence-electron chi connectivity index (χ1n) is 4.75. The Bertz CT molecular complexity index is 339. The van der Waals surface area contributed by atoms with Crippen LogP contribution in [0.2, 0.25) is 0 Å². The number of hydrogen-bond donors (Lipinski definition) is 2. The van der Waals surface area contributed by atoms with E-state index in [1.807, 2.05) is 0 Å². The van der Waals surface area contributed by atoms with Gasteiger partial charge in [-0.15, -0.1) is 0 Å². The smallest absolute Gasteiger partial charge is 0.371 e. The fourth-order valence-electron chi connectivity index (χ4n) is 1.75. The molecule has 0 saturated heterocycles. The molecule has 0 bridgehead atoms. The van der Waals surface area contributed by atoms with Gasteiger partial charge in [0.25, 0.3) is 0 Å². The Labute approximate surface area is 81.9 Å². The molecule has 0 atom stereocenters. The van der Waals surface area contributed by atoms with Crippen LogP contribution < -0.4 is 5.32 Å². The summed E-state index contributed by atoms with van der Waals surface area (Å²) in [6.45, 7) is 2.20. The van der Waals surface area contributed by atoms with Crippen molar-refractivity contribution in [2.45, 2.75) is 25.8 Å². The summed E-state index contributed by atoms with van der Waals surface area (Å²) in [7, 11) is 0. The van der Waals surface area contributed by atoms with Gasteiger partial charge < -0.3 is 14.8 Å². The van der Waals surface area contributed by atoms with Gasteiger partial charge in [0, 0.05) is 12.1 Å². The van der Waals surface area contributed by atoms with E-state index in [4.69, 9.17) is 9.52 Å². The van der Waals surface area contributed by atoms with Crippen molar-refractivity contribution in [3.8, 4) is 0 Å². The molecule has 4 heteroatoms. The van der Waals surface area contributed by atoms with E-state index >= 15 is 0 Å². The van der Waals surface area contributed by atoms with Crippen LogP contribution in [0, 0.1) is 5.92 Å². The maximum atomic E-state index is 10.5. The van der Waals surface area contributed by atoms with E-state index in [1.54, 1.807) is 6.07 Å². The zero-order valence-corrected chi connectivity index (χ0v) is 7.99. The molecule has 2 rings (SSSR count). The van der Waals surface area contributed by atoms with Gasteiger partial charge in [-0.3, -0.25) is 0 Å². The minimum atomic E-state index is -1.03. The fourth-order valence-corrected chi connectivity index (χ4v) is 1.75. The minimum Gasteiger partial charge on any atom is -0.475 e. The highest BCUT2D eigenvalue weighted by Gasteiger charge is 2.25. The van der Waals surface area contributed by atoms with E-state index in [-0.39, 0.29) is 5.76 Å². The summed E-state index contributed by atoms with van der Waals surface area (Å²) in [4.78, 5) is 10.5. The standard InChI is InChI=1S/C10H13NO3/c1-6-4-7(5-6)11-9-3-2-8(14-9)10(12)13/h2-3,6-7,11H,4-5H2,1H3,(H,12,13). The van der Waals surface area contributed by atoms with E-state index in [2.05, 4.69) is 12.2 Å². The van der Waals surface area contributed by atoms with Crippen LogP contribution in [0.1, 0.15) is 30.3 Å². The quantitative estimate of drug-likeness (QED) is 0.776. The summed E-state index contributed by atoms with van der Waals surface area (Å²) in [5, 5.41) is 11.8. The number of rotatable bonds is 3. The summed E-state index contributed by atoms with van der Waals surface area (Å²) in [5.74, 6) is 0.278. The van der Waals surface area contributed by atoms with Crippen LogP contribution in [-0.4, -0.2) is 17.1 Å². The first kappa shape index (κ1) is 9.12. The van der Waals surface area contributed by atoms with Crippen LogP contribution >= 0.6 is 0 Å². The second-order valence-corrected chi connectivity index (χ2v) is 3.89. The van der Waals surface area contributed by atoms with Gasteiger partial charge in [-0.1, -0.05) is 6.92 Å². The molecule has 76 valence electrons. The lowest BCUT2D eigenvalue weighted by Gasteiger charge is -2.33. The lowest BCUT2D eigenvalue weighted by atomic mass is 9.82. The van der Waals surface area contributed by atoms with Crippen LogP contribution in [0.5, 0.6) is 0 Å². The third kappa shape index (κ3) is 1.73. The molecule has 1 heterocycles. The van der Waals surface area contributed by atoms with Crippen LogP contribution in [0.25, 0.3) is 0 Å². The fraction of sp³-hybridized carbons (Fsp3) is 0.500. The van der Waals surface area contributed by atoms with Gasteiger partial charge in [0.2, 0.25) is 5.76 Å². The van der Waals surface area contributed by atoms with Gasteiger partial charge in [0.15, 0.2) is 5.88 Å². The highest BCUT2D eigenvalue weighted by atomic mass is 16.4. The Morgan fingerprint density at radius 3 is 2.79 bits per heavy atom. The van der Waals surface area contributed by atoms with E-state index in [0.29, 0.717) is 11.9 Å². The number of aromatic carboxylic acids is 1. The molecule has 2 N–H and O–H groups in total. The summed E-state index contributed by atoms with van der Waals surface area (Å²) in [6.07, 6.45) is 2.26. The predicted octanol–water partition coefficient (Wildman–Crippen LogP) is 2.19. The molecule has 1 aromatic rings. The van der Waals surface area contributed by atoms with Crippen LogP contribution in [0.4, 0.5) is 5.88 Å². The van der Waals surface area contributed by atoms with Crippen molar-refractivity contribution in [3.63, 3.8) is 0 Å². The van der Waals surface area contributed by atoms with Crippen LogP contribution in [-0.2, 0) is 0 Å². The lowest BCUT2D eigenvalue weighted by Crippen LogP contribution is -2.33. The van der Waals surface area contributed by atoms with Crippen molar-refractivity contribution < 1.29 is 14.3 Å². The molecule has 1 aliphatic carbocycles. The first-order valence-corrected chi connectivity index (χ1v) is 4.75. The van der Waals surface area contributed by atoms with E-state index in [0.717, 1.165) is 18.8 Å². The van der Waals surface area contributed by atoms with Gasteiger partial charge in [-0.05, 0) is 24.8 Å². The Kier molecular flexibility index (Phi) is 2.19. The van der Waals surface area contributed by atoms with Crippen LogP contribution in [0.3, 0.4) is 0 Å². The van der Waals surface area contributed by atoms with Crippen molar-refractivity contribution in [1.82, 2.24) is 0 Å². The predicted molar refractivity (Wildman–Crippen MR) is 51.5 cm³/mol. The van der Waals surface area contributed by atoms with Crippen molar-refractivity contribution in [1.29, 1.82) is 0 Å². The molecule has 1 aliphatic rings. The van der Waals surface area contributed by atoms with Crippen molar-refractivity contribution in [3.05, 3.63) is 17.9 Å². The van der Waals surface area contributed by atoms with Gasteiger partial charge in [0.1, 0.15) is 0 Å². The van der Waals surface area contributed by atoms with Gasteiger partial charge in [0.05, 0.1) is 0 Å². The molecule has 0 aliphatic heterocycles. The third-order valence-electron chi connectivity index (χ3n) is 2.54. The minimum absolute atomic E-state index is 0.0140. The van der Waals surface area contributed by atoms with Gasteiger partial charge in [-0.25, -0.2) is 4.79 Å². The number of carboxylic acid groups (broad SMARTS) is 1. The Morgan fingerprint density at radius 1 is 1.57 bits per heavy atom. The first-order chi connectivity index (χ1) is 6.65. The monoisotopic (exact) mass is 195 g/mol. The second-order valence-electron chi connectivity index (χ2n) is 3.89. The Balaban J connectivity index is 1.93. The van der Waals surface area contributed by atoms with Crippen molar-refractivity contribution in [2.75, 3.05) is 5.32 Å². The van der Waals surface area contributed by atoms with Crippen LogP contribution in [0.15, 0.2) is 16.5 Å². The molecule has 0 radical (unpaired) electrons. The van der Waals surface area contributed by atoms with Crippen molar-refractivity contribution >= 4 is 11.9 Å². The van der Waals surface area contributed by atoms with E-state index in [1.165, 1.54) is 6.07 Å². The molecular formula is C10H13NO3. The van der Waals surface area contributed by atoms with Crippen molar-refractivity contribution in [2.24, 2.45) is 5.92 Å². The highest BCUT2D eigenvalue weighted by Crippen LogP contribution is 2.29. The molecular weight excluding hydrogens is 182 g/mol. The molecule has 4 nitrogen and oxygen atoms in total. The zero-order valence-electron chi connectivity index (χ0n) is 7.99. The maximum absolute atomic E-state index is 10.5. The average molecular weight is 195 g/mol. The molecule has 1 aromatic heterocycles. The topological polar surface area (TPSA) is 62.5 Å². The summed E-state index contributed by atoms with van der Waals surface area (Å²) in [5.41, 5.74) is 0. The SMILES string of the molecule is CC1CC(Nc2ccc(C(=O)O)o2)C1. The molecule has 0 unspecified atom stereocenters. The largest absolute Gasteiger partial charge is 0.475 e. The number of furan rings is 1. The Morgan fingerprint density at radius 2 is 2.29 bits per heavy atom. The van der Waals surface area contributed by atoms with Gasteiger partial charge in [-0.2, -0.15) is 0 Å². The second kappa shape index (κ2) is 3.36. The number of hydrogen-bond acceptors (Lipinski definition) is 3. The average Bonchev–Trinajstić information content (AvgIpc) is 2.50. The highest BCUT2D eigenvalue weighted by molar-refractivity contribution is 5.84. The van der Waals surface area contributed by atoms with E-state index < -0.39 is 5.97 Å². The maximum Gasteiger partial charge on any atom is 0.371 e. The molecule has 0 amide bonds. The normalized spacial score (nSPS) is 25.5. The summed E-state index contributed by atoms with van der Waals surface area (Å²) in [6, 6.07) is 3.57. The van der Waals surface area contributed by atoms with E-state index in [9.17, 15) is 4.79 Å². The number of nitrogens with one attached hydrogen (secondary N) is 1. The van der Waals surface area contributed by atoms with Gasteiger partial charge >= 0.3 is 5.97 Å². The molecule has 0 aromatic carbocycles. The summed E-state index contributed by atoms with van der Waals surface area (Å²) < 4.78 is 5.08. The summed E-state index contributed by atoms with van der Waals surface area (Å²) >= 11 is 0. The zero-order chi connectivity index (χ0) is 10.1. The lowest BCUT2D eigenvalue weighted by molar-refractivity contribution is 0.0663. The third-order valence-corrected chi connectivity index (χ3v) is 2.54.